The molecule has 0 saturated heterocycles. The van der Waals surface area contributed by atoms with E-state index in [1.807, 2.05) is 0 Å². The minimum absolute atomic E-state index is 0.274. The van der Waals surface area contributed by atoms with Gasteiger partial charge in [0.25, 0.3) is 0 Å². The van der Waals surface area contributed by atoms with Crippen molar-refractivity contribution in [3.05, 3.63) is 0 Å². The second-order valence-electron chi connectivity index (χ2n) is 2.92. The van der Waals surface area contributed by atoms with E-state index >= 15 is 0 Å². The van der Waals surface area contributed by atoms with Crippen LogP contribution in [-0.2, 0) is 0 Å². The van der Waals surface area contributed by atoms with Gasteiger partial charge in [0.1, 0.15) is 0 Å². The average Bonchev–Trinajstić information content (AvgIpc) is 2.06. The summed E-state index contributed by atoms with van der Waals surface area (Å²) < 4.78 is 0. The quantitative estimate of drug-likeness (QED) is 0.513. The molecule has 0 aromatic rings. The van der Waals surface area contributed by atoms with E-state index in [-0.39, 0.29) is 6.04 Å². The van der Waals surface area contributed by atoms with E-state index in [9.17, 15) is 0 Å². The number of nitrogens with one attached hydrogen (secondary N) is 1. The van der Waals surface area contributed by atoms with Gasteiger partial charge in [-0.05, 0) is 12.8 Å². The Hall–Kier alpha value is -0.120. The topological polar surface area (TPSA) is 64.1 Å². The first kappa shape index (κ1) is 10.9. The average molecular weight is 159 g/mol. The van der Waals surface area contributed by atoms with Crippen LogP contribution < -0.4 is 16.8 Å². The fourth-order valence-electron chi connectivity index (χ4n) is 0.857. The van der Waals surface area contributed by atoms with Crippen LogP contribution in [0, 0.1) is 0 Å². The van der Waals surface area contributed by atoms with Crippen LogP contribution in [0.5, 0.6) is 0 Å². The lowest BCUT2D eigenvalue weighted by atomic mass is 10.2. The van der Waals surface area contributed by atoms with Crippen LogP contribution >= 0.6 is 0 Å². The van der Waals surface area contributed by atoms with Crippen LogP contribution in [0.1, 0.15) is 26.7 Å². The van der Waals surface area contributed by atoms with Gasteiger partial charge in [-0.25, -0.2) is 0 Å². The number of nitrogens with two attached hydrogens (primary N) is 2. The van der Waals surface area contributed by atoms with E-state index in [0.717, 1.165) is 19.4 Å². The molecule has 5 N–H and O–H groups in total. The van der Waals surface area contributed by atoms with Crippen molar-refractivity contribution in [3.8, 4) is 0 Å². The van der Waals surface area contributed by atoms with Gasteiger partial charge in [0.15, 0.2) is 0 Å². The Morgan fingerprint density at radius 3 is 2.27 bits per heavy atom. The Kier molecular flexibility index (Phi) is 6.51. The zero-order valence-electron chi connectivity index (χ0n) is 7.64. The summed E-state index contributed by atoms with van der Waals surface area (Å²) in [6.07, 6.45) is 2.10. The molecule has 0 heterocycles. The summed E-state index contributed by atoms with van der Waals surface area (Å²) in [5.74, 6) is 0. The molecule has 2 atom stereocenters. The van der Waals surface area contributed by atoms with Gasteiger partial charge in [-0.2, -0.15) is 0 Å². The van der Waals surface area contributed by atoms with Crippen molar-refractivity contribution < 1.29 is 0 Å². The van der Waals surface area contributed by atoms with Crippen LogP contribution in [0.15, 0.2) is 0 Å². The number of hydrogen-bond donors (Lipinski definition) is 3. The molecule has 0 bridgehead atoms. The summed E-state index contributed by atoms with van der Waals surface area (Å²) in [5.41, 5.74) is 11.2. The number of rotatable bonds is 6. The Bertz CT molecular complexity index is 81.4. The lowest BCUT2D eigenvalue weighted by molar-refractivity contribution is 0.468. The van der Waals surface area contributed by atoms with Gasteiger partial charge in [0, 0.05) is 25.2 Å². The molecule has 0 spiro atoms. The highest BCUT2D eigenvalue weighted by Crippen LogP contribution is 1.89. The molecule has 11 heavy (non-hydrogen) atoms. The van der Waals surface area contributed by atoms with Crippen molar-refractivity contribution in [2.45, 2.75) is 38.8 Å². The molecule has 0 radical (unpaired) electrons. The molecule has 0 aromatic heterocycles. The molecule has 0 aliphatic rings. The van der Waals surface area contributed by atoms with Gasteiger partial charge < -0.3 is 16.8 Å². The van der Waals surface area contributed by atoms with Crippen LogP contribution in [0.4, 0.5) is 0 Å². The zero-order valence-corrected chi connectivity index (χ0v) is 7.64. The summed E-state index contributed by atoms with van der Waals surface area (Å²) in [6, 6.07) is 0.711. The Labute approximate surface area is 69.5 Å². The molecular formula is C8H21N3. The van der Waals surface area contributed by atoms with Crippen LogP contribution in [0.2, 0.25) is 0 Å². The molecule has 0 amide bonds. The van der Waals surface area contributed by atoms with Crippen LogP contribution in [0.25, 0.3) is 0 Å². The first-order chi connectivity index (χ1) is 5.24. The van der Waals surface area contributed by atoms with Gasteiger partial charge in [0.2, 0.25) is 0 Å². The van der Waals surface area contributed by atoms with Gasteiger partial charge in [-0.1, -0.05) is 13.8 Å². The maximum absolute atomic E-state index is 5.73. The third-order valence-corrected chi connectivity index (χ3v) is 1.97. The maximum atomic E-state index is 5.73. The number of hydrogen-bond acceptors (Lipinski definition) is 3. The van der Waals surface area contributed by atoms with Crippen LogP contribution in [0.3, 0.4) is 0 Å². The zero-order chi connectivity index (χ0) is 8.69. The second kappa shape index (κ2) is 6.58. The Morgan fingerprint density at radius 2 is 1.91 bits per heavy atom. The van der Waals surface area contributed by atoms with Gasteiger partial charge in [0.05, 0.1) is 0 Å². The van der Waals surface area contributed by atoms with E-state index in [0.29, 0.717) is 12.6 Å². The summed E-state index contributed by atoms with van der Waals surface area (Å²) in [4.78, 5) is 0. The maximum Gasteiger partial charge on any atom is 0.0188 e. The molecule has 1 unspecified atom stereocenters. The van der Waals surface area contributed by atoms with E-state index in [1.165, 1.54) is 0 Å². The van der Waals surface area contributed by atoms with Gasteiger partial charge in [-0.3, -0.25) is 0 Å². The minimum Gasteiger partial charge on any atom is -0.329 e. The highest BCUT2D eigenvalue weighted by molar-refractivity contribution is 4.69. The van der Waals surface area contributed by atoms with Gasteiger partial charge >= 0.3 is 0 Å². The Morgan fingerprint density at radius 1 is 1.27 bits per heavy atom. The monoisotopic (exact) mass is 159 g/mol. The molecule has 68 valence electrons. The SMILES string of the molecule is CCC(N)CN[C@@H](CC)CN. The first-order valence-electron chi connectivity index (χ1n) is 4.43. The minimum atomic E-state index is 0.274. The summed E-state index contributed by atoms with van der Waals surface area (Å²) in [5, 5.41) is 3.32. The van der Waals surface area contributed by atoms with Crippen molar-refractivity contribution >= 4 is 0 Å². The highest BCUT2D eigenvalue weighted by atomic mass is 14.9. The largest absolute Gasteiger partial charge is 0.329 e. The molecule has 0 saturated carbocycles. The van der Waals surface area contributed by atoms with Crippen molar-refractivity contribution in [2.24, 2.45) is 11.5 Å². The summed E-state index contributed by atoms with van der Waals surface area (Å²) in [6.45, 7) is 5.80. The molecular weight excluding hydrogens is 138 g/mol. The van der Waals surface area contributed by atoms with Crippen LogP contribution in [-0.4, -0.2) is 25.2 Å². The van der Waals surface area contributed by atoms with E-state index in [4.69, 9.17) is 11.5 Å². The molecule has 3 nitrogen and oxygen atoms in total. The lowest BCUT2D eigenvalue weighted by Gasteiger charge is -2.17. The second-order valence-corrected chi connectivity index (χ2v) is 2.92. The molecule has 0 rings (SSSR count). The smallest absolute Gasteiger partial charge is 0.0188 e. The molecule has 0 aliphatic heterocycles. The molecule has 0 fully saturated rings. The first-order valence-corrected chi connectivity index (χ1v) is 4.43. The van der Waals surface area contributed by atoms with Crippen molar-refractivity contribution in [3.63, 3.8) is 0 Å². The summed E-state index contributed by atoms with van der Waals surface area (Å²) in [7, 11) is 0. The van der Waals surface area contributed by atoms with Crippen molar-refractivity contribution in [1.82, 2.24) is 5.32 Å². The Balaban J connectivity index is 3.34. The molecule has 3 heteroatoms. The third kappa shape index (κ3) is 5.18. The predicted molar refractivity (Wildman–Crippen MR) is 49.4 cm³/mol. The fraction of sp³-hybridized carbons (Fsp3) is 1.00. The molecule has 0 aliphatic carbocycles. The lowest BCUT2D eigenvalue weighted by Crippen LogP contribution is -2.42. The predicted octanol–water partition coefficient (Wildman–Crippen LogP) is 0.0506. The standard InChI is InChI=1S/C8H21N3/c1-3-7(10)6-11-8(4-2)5-9/h7-8,11H,3-6,9-10H2,1-2H3/t7?,8-/m0/s1. The van der Waals surface area contributed by atoms with E-state index in [1.54, 1.807) is 0 Å². The van der Waals surface area contributed by atoms with Crippen molar-refractivity contribution in [2.75, 3.05) is 13.1 Å². The summed E-state index contributed by atoms with van der Waals surface area (Å²) >= 11 is 0. The van der Waals surface area contributed by atoms with E-state index < -0.39 is 0 Å². The fourth-order valence-corrected chi connectivity index (χ4v) is 0.857. The highest BCUT2D eigenvalue weighted by Gasteiger charge is 2.04. The van der Waals surface area contributed by atoms with Gasteiger partial charge in [-0.15, -0.1) is 0 Å². The van der Waals surface area contributed by atoms with E-state index in [2.05, 4.69) is 19.2 Å². The molecule has 0 aromatic carbocycles. The normalized spacial score (nSPS) is 16.4. The third-order valence-electron chi connectivity index (χ3n) is 1.97. The van der Waals surface area contributed by atoms with Crippen molar-refractivity contribution in [1.29, 1.82) is 0 Å².